The van der Waals surface area contributed by atoms with Gasteiger partial charge in [0.1, 0.15) is 0 Å². The third-order valence-corrected chi connectivity index (χ3v) is 4.80. The minimum atomic E-state index is -0.132. The Bertz CT molecular complexity index is 525. The molecule has 1 unspecified atom stereocenters. The lowest BCUT2D eigenvalue weighted by Crippen LogP contribution is -1.95. The molecule has 0 bridgehead atoms. The molecule has 0 spiro atoms. The van der Waals surface area contributed by atoms with Crippen molar-refractivity contribution in [1.29, 1.82) is 0 Å². The first-order chi connectivity index (χ1) is 8.08. The molecule has 0 aliphatic carbocycles. The van der Waals surface area contributed by atoms with Crippen molar-refractivity contribution in [1.82, 2.24) is 0 Å². The van der Waals surface area contributed by atoms with Crippen LogP contribution in [0.25, 0.3) is 0 Å². The highest BCUT2D eigenvalue weighted by Gasteiger charge is 2.14. The lowest BCUT2D eigenvalue weighted by Gasteiger charge is -2.13. The Kier molecular flexibility index (Phi) is 4.92. The van der Waals surface area contributed by atoms with E-state index in [1.54, 1.807) is 0 Å². The molecule has 0 saturated heterocycles. The van der Waals surface area contributed by atoms with Gasteiger partial charge >= 0.3 is 0 Å². The van der Waals surface area contributed by atoms with E-state index < -0.39 is 0 Å². The van der Waals surface area contributed by atoms with Crippen LogP contribution in [0.2, 0.25) is 0 Å². The lowest BCUT2D eigenvalue weighted by atomic mass is 10.0. The number of hydrogen-bond donors (Lipinski definition) is 0. The van der Waals surface area contributed by atoms with Gasteiger partial charge in [0.05, 0.1) is 5.38 Å². The SMILES string of the molecule is ClC(c1ccc(Br)cc1)c1cc(I)ccc1Br. The Balaban J connectivity index is 2.39. The largest absolute Gasteiger partial charge is 0.113 e. The Hall–Kier alpha value is 0.420. The van der Waals surface area contributed by atoms with E-state index in [1.807, 2.05) is 30.3 Å². The first-order valence-electron chi connectivity index (χ1n) is 4.92. The summed E-state index contributed by atoms with van der Waals surface area (Å²) in [5, 5.41) is -0.132. The van der Waals surface area contributed by atoms with Crippen molar-refractivity contribution in [2.24, 2.45) is 0 Å². The van der Waals surface area contributed by atoms with Gasteiger partial charge in [-0.05, 0) is 64.0 Å². The van der Waals surface area contributed by atoms with Crippen LogP contribution in [0.15, 0.2) is 51.4 Å². The van der Waals surface area contributed by atoms with Gasteiger partial charge in [-0.25, -0.2) is 0 Å². The maximum Gasteiger partial charge on any atom is 0.0846 e. The molecule has 1 atom stereocenters. The molecule has 0 fully saturated rings. The summed E-state index contributed by atoms with van der Waals surface area (Å²) in [5.74, 6) is 0. The number of benzene rings is 2. The maximum atomic E-state index is 6.51. The molecule has 0 aromatic heterocycles. The van der Waals surface area contributed by atoms with Gasteiger partial charge in [0.2, 0.25) is 0 Å². The van der Waals surface area contributed by atoms with E-state index in [-0.39, 0.29) is 5.38 Å². The van der Waals surface area contributed by atoms with Crippen LogP contribution in [0.3, 0.4) is 0 Å². The van der Waals surface area contributed by atoms with Crippen LogP contribution in [-0.4, -0.2) is 0 Å². The monoisotopic (exact) mass is 484 g/mol. The predicted molar refractivity (Wildman–Crippen MR) is 88.7 cm³/mol. The second kappa shape index (κ2) is 6.04. The van der Waals surface area contributed by atoms with Crippen LogP contribution in [0.5, 0.6) is 0 Å². The fourth-order valence-electron chi connectivity index (χ4n) is 1.52. The van der Waals surface area contributed by atoms with Gasteiger partial charge in [-0.1, -0.05) is 44.0 Å². The first-order valence-corrected chi connectivity index (χ1v) is 8.02. The molecule has 0 N–H and O–H groups in total. The van der Waals surface area contributed by atoms with Crippen molar-refractivity contribution in [3.63, 3.8) is 0 Å². The predicted octanol–water partition coefficient (Wildman–Crippen LogP) is 6.14. The third kappa shape index (κ3) is 3.46. The molecule has 0 saturated carbocycles. The zero-order valence-corrected chi connectivity index (χ0v) is 14.7. The highest BCUT2D eigenvalue weighted by molar-refractivity contribution is 14.1. The van der Waals surface area contributed by atoms with E-state index in [1.165, 1.54) is 3.57 Å². The lowest BCUT2D eigenvalue weighted by molar-refractivity contribution is 1.12. The molecule has 0 radical (unpaired) electrons. The van der Waals surface area contributed by atoms with Crippen LogP contribution in [0.1, 0.15) is 16.5 Å². The Morgan fingerprint density at radius 1 is 1.00 bits per heavy atom. The van der Waals surface area contributed by atoms with Crippen molar-refractivity contribution >= 4 is 66.1 Å². The minimum Gasteiger partial charge on any atom is -0.113 e. The van der Waals surface area contributed by atoms with Gasteiger partial charge in [-0.3, -0.25) is 0 Å². The van der Waals surface area contributed by atoms with Crippen LogP contribution in [0.4, 0.5) is 0 Å². The molecule has 0 amide bonds. The molecule has 2 aromatic carbocycles. The molecule has 2 rings (SSSR count). The average molecular weight is 486 g/mol. The number of rotatable bonds is 2. The zero-order valence-electron chi connectivity index (χ0n) is 8.63. The normalized spacial score (nSPS) is 12.5. The van der Waals surface area contributed by atoms with Crippen molar-refractivity contribution < 1.29 is 0 Å². The molecular formula is C13H8Br2ClI. The maximum absolute atomic E-state index is 6.51. The van der Waals surface area contributed by atoms with Crippen molar-refractivity contribution in [3.05, 3.63) is 66.1 Å². The molecule has 0 aliphatic heterocycles. The van der Waals surface area contributed by atoms with Crippen molar-refractivity contribution in [2.45, 2.75) is 5.38 Å². The summed E-state index contributed by atoms with van der Waals surface area (Å²) in [5.41, 5.74) is 2.19. The first kappa shape index (κ1) is 13.8. The molecule has 88 valence electrons. The molecule has 0 nitrogen and oxygen atoms in total. The smallest absolute Gasteiger partial charge is 0.0846 e. The van der Waals surface area contributed by atoms with E-state index in [0.29, 0.717) is 0 Å². The molecule has 2 aromatic rings. The standard InChI is InChI=1S/C13H8Br2ClI/c14-9-3-1-8(2-4-9)13(16)11-7-10(17)5-6-12(11)15/h1-7,13H. The Morgan fingerprint density at radius 2 is 1.65 bits per heavy atom. The van der Waals surface area contributed by atoms with Gasteiger partial charge in [0, 0.05) is 12.5 Å². The zero-order chi connectivity index (χ0) is 12.4. The molecule has 4 heteroatoms. The summed E-state index contributed by atoms with van der Waals surface area (Å²) in [6.45, 7) is 0. The average Bonchev–Trinajstić information content (AvgIpc) is 2.32. The van der Waals surface area contributed by atoms with Crippen molar-refractivity contribution in [3.8, 4) is 0 Å². The number of hydrogen-bond acceptors (Lipinski definition) is 0. The van der Waals surface area contributed by atoms with E-state index in [2.05, 4.69) is 66.6 Å². The van der Waals surface area contributed by atoms with Gasteiger partial charge in [-0.2, -0.15) is 0 Å². The van der Waals surface area contributed by atoms with Gasteiger partial charge in [0.15, 0.2) is 0 Å². The number of halogens is 4. The highest BCUT2D eigenvalue weighted by Crippen LogP contribution is 2.35. The molecular weight excluding hydrogens is 478 g/mol. The summed E-state index contributed by atoms with van der Waals surface area (Å²) < 4.78 is 3.29. The topological polar surface area (TPSA) is 0 Å². The van der Waals surface area contributed by atoms with Gasteiger partial charge < -0.3 is 0 Å². The van der Waals surface area contributed by atoms with Crippen molar-refractivity contribution in [2.75, 3.05) is 0 Å². The van der Waals surface area contributed by atoms with Crippen LogP contribution >= 0.6 is 66.1 Å². The second-order valence-electron chi connectivity index (χ2n) is 3.58. The minimum absolute atomic E-state index is 0.132. The number of alkyl halides is 1. The molecule has 0 heterocycles. The third-order valence-electron chi connectivity index (χ3n) is 2.39. The fraction of sp³-hybridized carbons (Fsp3) is 0.0769. The van der Waals surface area contributed by atoms with E-state index in [4.69, 9.17) is 11.6 Å². The summed E-state index contributed by atoms with van der Waals surface area (Å²) in [4.78, 5) is 0. The van der Waals surface area contributed by atoms with Crippen LogP contribution < -0.4 is 0 Å². The molecule has 17 heavy (non-hydrogen) atoms. The highest BCUT2D eigenvalue weighted by atomic mass is 127. The van der Waals surface area contributed by atoms with Crippen LogP contribution in [0, 0.1) is 3.57 Å². The van der Waals surface area contributed by atoms with Gasteiger partial charge in [-0.15, -0.1) is 11.6 Å². The summed E-state index contributed by atoms with van der Waals surface area (Å²) in [7, 11) is 0. The summed E-state index contributed by atoms with van der Waals surface area (Å²) in [6, 6.07) is 14.3. The summed E-state index contributed by atoms with van der Waals surface area (Å²) >= 11 is 15.8. The quantitative estimate of drug-likeness (QED) is 0.353. The Morgan fingerprint density at radius 3 is 2.29 bits per heavy atom. The van der Waals surface area contributed by atoms with E-state index >= 15 is 0 Å². The Labute approximate surface area is 136 Å². The molecule has 0 aliphatic rings. The van der Waals surface area contributed by atoms with E-state index in [0.717, 1.165) is 20.1 Å². The van der Waals surface area contributed by atoms with Crippen LogP contribution in [-0.2, 0) is 0 Å². The second-order valence-corrected chi connectivity index (χ2v) is 7.03. The van der Waals surface area contributed by atoms with Gasteiger partial charge in [0.25, 0.3) is 0 Å². The fourth-order valence-corrected chi connectivity index (χ4v) is 3.23. The summed E-state index contributed by atoms with van der Waals surface area (Å²) in [6.07, 6.45) is 0. The van der Waals surface area contributed by atoms with E-state index in [9.17, 15) is 0 Å².